The van der Waals surface area contributed by atoms with Crippen LogP contribution in [0.4, 0.5) is 17.6 Å². The SMILES string of the molecule is CC=CCCC1CCC(C2CCC(CCC3CCC(c4cc(F)c(C(F)(F)Cl)c(F)c4)CC3)CC2)CC1. The van der Waals surface area contributed by atoms with Gasteiger partial charge < -0.3 is 0 Å². The molecule has 3 aliphatic rings. The molecule has 0 nitrogen and oxygen atoms in total. The average molecular weight is 541 g/mol. The summed E-state index contributed by atoms with van der Waals surface area (Å²) in [5.74, 6) is 1.95. The minimum atomic E-state index is -4.03. The van der Waals surface area contributed by atoms with E-state index in [1.165, 1.54) is 77.0 Å². The van der Waals surface area contributed by atoms with E-state index in [-0.39, 0.29) is 5.92 Å². The topological polar surface area (TPSA) is 0 Å². The van der Waals surface area contributed by atoms with E-state index < -0.39 is 22.6 Å². The molecule has 0 atom stereocenters. The summed E-state index contributed by atoms with van der Waals surface area (Å²) in [6.45, 7) is 2.11. The molecule has 0 bridgehead atoms. The Hall–Kier alpha value is -1.03. The second-order valence-electron chi connectivity index (χ2n) is 12.4. The molecule has 0 N–H and O–H groups in total. The van der Waals surface area contributed by atoms with E-state index in [0.717, 1.165) is 61.5 Å². The van der Waals surface area contributed by atoms with Gasteiger partial charge >= 0.3 is 5.38 Å². The molecular weight excluding hydrogens is 496 g/mol. The zero-order valence-electron chi connectivity index (χ0n) is 22.5. The van der Waals surface area contributed by atoms with Crippen molar-refractivity contribution in [3.63, 3.8) is 0 Å². The lowest BCUT2D eigenvalue weighted by molar-refractivity contribution is 0.0857. The van der Waals surface area contributed by atoms with Gasteiger partial charge in [0.05, 0.1) is 0 Å². The Kier molecular flexibility index (Phi) is 10.5. The summed E-state index contributed by atoms with van der Waals surface area (Å²) in [7, 11) is 0. The van der Waals surface area contributed by atoms with Gasteiger partial charge in [-0.05, 0) is 136 Å². The summed E-state index contributed by atoms with van der Waals surface area (Å²) in [5.41, 5.74) is -0.850. The third-order valence-corrected chi connectivity index (χ3v) is 10.3. The maximum Gasteiger partial charge on any atom is 0.353 e. The van der Waals surface area contributed by atoms with Gasteiger partial charge in [-0.25, -0.2) is 8.78 Å². The van der Waals surface area contributed by atoms with Crippen LogP contribution < -0.4 is 0 Å². The number of hydrogen-bond acceptors (Lipinski definition) is 0. The molecule has 0 radical (unpaired) electrons. The third kappa shape index (κ3) is 7.99. The van der Waals surface area contributed by atoms with E-state index >= 15 is 0 Å². The molecule has 1 aromatic carbocycles. The largest absolute Gasteiger partial charge is 0.353 e. The molecule has 1 aromatic rings. The van der Waals surface area contributed by atoms with Crippen LogP contribution >= 0.6 is 11.6 Å². The number of halogens is 5. The van der Waals surface area contributed by atoms with Crippen LogP contribution in [0.5, 0.6) is 0 Å². The molecule has 3 aliphatic carbocycles. The second-order valence-corrected chi connectivity index (χ2v) is 12.8. The van der Waals surface area contributed by atoms with Crippen molar-refractivity contribution in [3.05, 3.63) is 47.0 Å². The first-order chi connectivity index (χ1) is 17.7. The summed E-state index contributed by atoms with van der Waals surface area (Å²) in [6.07, 6.45) is 24.9. The summed E-state index contributed by atoms with van der Waals surface area (Å²) in [4.78, 5) is 0. The quantitative estimate of drug-likeness (QED) is 0.166. The van der Waals surface area contributed by atoms with Gasteiger partial charge in [0.1, 0.15) is 17.2 Å². The summed E-state index contributed by atoms with van der Waals surface area (Å²) < 4.78 is 55.0. The lowest BCUT2D eigenvalue weighted by Crippen LogP contribution is -2.26. The van der Waals surface area contributed by atoms with Crippen molar-refractivity contribution in [3.8, 4) is 0 Å². The Balaban J connectivity index is 1.14. The van der Waals surface area contributed by atoms with E-state index in [2.05, 4.69) is 19.1 Å². The monoisotopic (exact) mass is 540 g/mol. The molecule has 0 heterocycles. The highest BCUT2D eigenvalue weighted by Crippen LogP contribution is 2.45. The van der Waals surface area contributed by atoms with Crippen molar-refractivity contribution >= 4 is 11.6 Å². The fraction of sp³-hybridized carbons (Fsp3) is 0.750. The molecule has 3 fully saturated rings. The Bertz CT molecular complexity index is 844. The molecular formula is C32H45ClF4. The summed E-state index contributed by atoms with van der Waals surface area (Å²) >= 11 is 4.88. The average Bonchev–Trinajstić information content (AvgIpc) is 2.87. The molecule has 0 saturated heterocycles. The Morgan fingerprint density at radius 1 is 0.730 bits per heavy atom. The van der Waals surface area contributed by atoms with Crippen molar-refractivity contribution < 1.29 is 17.6 Å². The zero-order chi connectivity index (χ0) is 26.4. The number of rotatable bonds is 9. The lowest BCUT2D eigenvalue weighted by Gasteiger charge is -2.38. The fourth-order valence-electron chi connectivity index (χ4n) is 7.75. The highest BCUT2D eigenvalue weighted by atomic mass is 35.5. The minimum absolute atomic E-state index is 0.0342. The minimum Gasteiger partial charge on any atom is -0.206 e. The third-order valence-electron chi connectivity index (χ3n) is 10.1. The van der Waals surface area contributed by atoms with Crippen LogP contribution in [-0.2, 0) is 5.38 Å². The molecule has 0 unspecified atom stereocenters. The van der Waals surface area contributed by atoms with Crippen LogP contribution in [0.1, 0.15) is 127 Å². The molecule has 0 aliphatic heterocycles. The van der Waals surface area contributed by atoms with Crippen LogP contribution in [0.15, 0.2) is 24.3 Å². The van der Waals surface area contributed by atoms with Gasteiger partial charge in [-0.3, -0.25) is 0 Å². The predicted octanol–water partition coefficient (Wildman–Crippen LogP) is 11.3. The van der Waals surface area contributed by atoms with Crippen LogP contribution in [0.3, 0.4) is 0 Å². The van der Waals surface area contributed by atoms with Crippen molar-refractivity contribution in [2.24, 2.45) is 29.6 Å². The van der Waals surface area contributed by atoms with Crippen LogP contribution in [0.25, 0.3) is 0 Å². The van der Waals surface area contributed by atoms with Gasteiger partial charge in [0, 0.05) is 0 Å². The Labute approximate surface area is 226 Å². The van der Waals surface area contributed by atoms with Gasteiger partial charge in [-0.2, -0.15) is 8.78 Å². The first kappa shape index (κ1) is 29.0. The van der Waals surface area contributed by atoms with E-state index in [1.807, 2.05) is 0 Å². The van der Waals surface area contributed by atoms with E-state index in [0.29, 0.717) is 11.5 Å². The first-order valence-electron chi connectivity index (χ1n) is 14.9. The lowest BCUT2D eigenvalue weighted by atomic mass is 9.68. The van der Waals surface area contributed by atoms with Crippen LogP contribution in [-0.4, -0.2) is 0 Å². The maximum atomic E-state index is 14.2. The highest BCUT2D eigenvalue weighted by molar-refractivity contribution is 6.21. The standard InChI is InChI=1S/C32H45ClF4/c1-2-3-4-5-22-8-14-25(15-9-22)26-16-10-23(11-17-26)6-7-24-12-18-27(19-13-24)28-20-29(34)31(30(35)21-28)32(33,36)37/h2-3,20-27H,4-19H2,1H3. The molecule has 3 saturated carbocycles. The second kappa shape index (κ2) is 13.4. The number of allylic oxidation sites excluding steroid dienone is 2. The van der Waals surface area contributed by atoms with Crippen LogP contribution in [0.2, 0.25) is 0 Å². The van der Waals surface area contributed by atoms with Gasteiger partial charge in [-0.15, -0.1) is 0 Å². The van der Waals surface area contributed by atoms with Crippen molar-refractivity contribution in [2.45, 2.75) is 121 Å². The first-order valence-corrected chi connectivity index (χ1v) is 15.3. The molecule has 4 rings (SSSR count). The molecule has 0 amide bonds. The molecule has 0 aromatic heterocycles. The Morgan fingerprint density at radius 3 is 1.59 bits per heavy atom. The molecule has 37 heavy (non-hydrogen) atoms. The highest BCUT2D eigenvalue weighted by Gasteiger charge is 2.36. The Morgan fingerprint density at radius 2 is 1.16 bits per heavy atom. The zero-order valence-corrected chi connectivity index (χ0v) is 23.2. The number of benzene rings is 1. The molecule has 0 spiro atoms. The number of hydrogen-bond donors (Lipinski definition) is 0. The summed E-state index contributed by atoms with van der Waals surface area (Å²) in [5, 5.41) is -4.03. The van der Waals surface area contributed by atoms with Crippen LogP contribution in [0, 0.1) is 41.2 Å². The molecule has 208 valence electrons. The van der Waals surface area contributed by atoms with E-state index in [4.69, 9.17) is 11.6 Å². The van der Waals surface area contributed by atoms with Gasteiger partial charge in [-0.1, -0.05) is 50.7 Å². The van der Waals surface area contributed by atoms with Crippen molar-refractivity contribution in [1.82, 2.24) is 0 Å². The molecule has 5 heteroatoms. The van der Waals surface area contributed by atoms with E-state index in [9.17, 15) is 17.6 Å². The van der Waals surface area contributed by atoms with Gasteiger partial charge in [0.15, 0.2) is 0 Å². The van der Waals surface area contributed by atoms with Gasteiger partial charge in [0.2, 0.25) is 0 Å². The number of alkyl halides is 3. The summed E-state index contributed by atoms with van der Waals surface area (Å²) in [6, 6.07) is 2.13. The van der Waals surface area contributed by atoms with Crippen molar-refractivity contribution in [1.29, 1.82) is 0 Å². The maximum absolute atomic E-state index is 14.2. The van der Waals surface area contributed by atoms with Crippen molar-refractivity contribution in [2.75, 3.05) is 0 Å². The predicted molar refractivity (Wildman–Crippen MR) is 145 cm³/mol. The smallest absolute Gasteiger partial charge is 0.206 e. The van der Waals surface area contributed by atoms with E-state index in [1.54, 1.807) is 0 Å². The fourth-order valence-corrected chi connectivity index (χ4v) is 7.93. The van der Waals surface area contributed by atoms with Gasteiger partial charge in [0.25, 0.3) is 0 Å². The normalized spacial score (nSPS) is 31.6.